The number of benzene rings is 1. The number of aromatic nitrogens is 1. The van der Waals surface area contributed by atoms with Gasteiger partial charge >= 0.3 is 0 Å². The van der Waals surface area contributed by atoms with Crippen molar-refractivity contribution < 1.29 is 8.42 Å². The molecule has 0 aliphatic carbocycles. The van der Waals surface area contributed by atoms with Gasteiger partial charge in [-0.15, -0.1) is 11.3 Å². The number of hydrogen-bond donors (Lipinski definition) is 1. The molecule has 1 aliphatic rings. The maximum absolute atomic E-state index is 12.9. The molecule has 136 valence electrons. The van der Waals surface area contributed by atoms with Gasteiger partial charge in [-0.05, 0) is 29.8 Å². The highest BCUT2D eigenvalue weighted by Crippen LogP contribution is 2.35. The van der Waals surface area contributed by atoms with Crippen molar-refractivity contribution in [3.05, 3.63) is 52.6 Å². The van der Waals surface area contributed by atoms with Crippen LogP contribution in [0.1, 0.15) is 5.56 Å². The van der Waals surface area contributed by atoms with Crippen LogP contribution in [0.15, 0.2) is 51.3 Å². The number of rotatable bonds is 4. The van der Waals surface area contributed by atoms with Crippen LogP contribution in [0.3, 0.4) is 0 Å². The van der Waals surface area contributed by atoms with Crippen molar-refractivity contribution in [3.63, 3.8) is 0 Å². The molecule has 0 atom stereocenters. The van der Waals surface area contributed by atoms with Crippen LogP contribution in [-0.2, 0) is 15.6 Å². The molecular weight excluding hydrogens is 434 g/mol. The molecule has 1 fully saturated rings. The first kappa shape index (κ1) is 17.9. The first-order valence-electron chi connectivity index (χ1n) is 8.34. The second-order valence-corrected chi connectivity index (χ2v) is 10.5. The minimum absolute atomic E-state index is 0.00347. The number of nitrogens with zero attached hydrogens (tertiary/aromatic N) is 2. The van der Waals surface area contributed by atoms with Crippen molar-refractivity contribution in [1.29, 1.82) is 0 Å². The van der Waals surface area contributed by atoms with E-state index >= 15 is 0 Å². The fraction of sp³-hybridized carbons (Fsp3) is 0.278. The summed E-state index contributed by atoms with van der Waals surface area (Å²) in [4.78, 5) is 6.74. The number of halogens is 1. The lowest BCUT2D eigenvalue weighted by Crippen LogP contribution is -2.43. The Bertz CT molecular complexity index is 1030. The second-order valence-electron chi connectivity index (χ2n) is 6.23. The molecule has 1 N–H and O–H groups in total. The molecule has 2 aromatic heterocycles. The van der Waals surface area contributed by atoms with E-state index in [4.69, 9.17) is 0 Å². The Morgan fingerprint density at radius 1 is 1.15 bits per heavy atom. The number of anilines is 1. The van der Waals surface area contributed by atoms with Crippen LogP contribution in [0.4, 0.5) is 5.82 Å². The van der Waals surface area contributed by atoms with Crippen molar-refractivity contribution in [1.82, 2.24) is 10.3 Å². The van der Waals surface area contributed by atoms with Crippen molar-refractivity contribution in [2.45, 2.75) is 9.96 Å². The van der Waals surface area contributed by atoms with Gasteiger partial charge in [0, 0.05) is 46.9 Å². The average molecular weight is 452 g/mol. The van der Waals surface area contributed by atoms with E-state index in [-0.39, 0.29) is 5.75 Å². The molecule has 5 nitrogen and oxygen atoms in total. The summed E-state index contributed by atoms with van der Waals surface area (Å²) in [7, 11) is -3.39. The van der Waals surface area contributed by atoms with Gasteiger partial charge < -0.3 is 10.2 Å². The van der Waals surface area contributed by atoms with Crippen LogP contribution < -0.4 is 10.2 Å². The van der Waals surface area contributed by atoms with E-state index in [2.05, 4.69) is 31.1 Å². The molecule has 0 spiro atoms. The predicted octanol–water partition coefficient (Wildman–Crippen LogP) is 3.44. The van der Waals surface area contributed by atoms with Crippen molar-refractivity contribution in [2.24, 2.45) is 0 Å². The van der Waals surface area contributed by atoms with Gasteiger partial charge in [0.2, 0.25) is 0 Å². The molecule has 1 saturated heterocycles. The van der Waals surface area contributed by atoms with E-state index in [1.807, 2.05) is 30.3 Å². The fourth-order valence-electron chi connectivity index (χ4n) is 3.08. The standard InChI is InChI=1S/C18H18BrN3O2S2/c19-14-3-1-13(2-4-14)12-26(23,24)17-11-15-16(25-17)5-6-21-18(15)22-9-7-20-8-10-22/h1-6,11,20H,7-10,12H2. The fourth-order valence-corrected chi connectivity index (χ4v) is 6.15. The summed E-state index contributed by atoms with van der Waals surface area (Å²) in [6.45, 7) is 3.58. The van der Waals surface area contributed by atoms with Crippen molar-refractivity contribution in [3.8, 4) is 0 Å². The molecule has 0 radical (unpaired) electrons. The number of nitrogens with one attached hydrogen (secondary N) is 1. The Morgan fingerprint density at radius 3 is 2.62 bits per heavy atom. The monoisotopic (exact) mass is 451 g/mol. The number of thiophene rings is 1. The zero-order valence-electron chi connectivity index (χ0n) is 14.0. The molecule has 0 bridgehead atoms. The van der Waals surface area contributed by atoms with E-state index in [1.165, 1.54) is 11.3 Å². The maximum Gasteiger partial charge on any atom is 0.191 e. The van der Waals surface area contributed by atoms with Gasteiger partial charge in [0.05, 0.1) is 5.75 Å². The minimum atomic E-state index is -3.39. The topological polar surface area (TPSA) is 62.3 Å². The Morgan fingerprint density at radius 2 is 1.88 bits per heavy atom. The highest BCUT2D eigenvalue weighted by atomic mass is 79.9. The smallest absolute Gasteiger partial charge is 0.191 e. The van der Waals surface area contributed by atoms with Crippen LogP contribution >= 0.6 is 27.3 Å². The maximum atomic E-state index is 12.9. The van der Waals surface area contributed by atoms with Crippen LogP contribution in [0.25, 0.3) is 10.1 Å². The lowest BCUT2D eigenvalue weighted by Gasteiger charge is -2.28. The molecule has 8 heteroatoms. The predicted molar refractivity (Wildman–Crippen MR) is 110 cm³/mol. The summed E-state index contributed by atoms with van der Waals surface area (Å²) >= 11 is 4.70. The molecule has 3 heterocycles. The Labute approximate surface area is 165 Å². The van der Waals surface area contributed by atoms with Gasteiger partial charge in [-0.2, -0.15) is 0 Å². The van der Waals surface area contributed by atoms with Gasteiger partial charge in [0.25, 0.3) is 0 Å². The lowest BCUT2D eigenvalue weighted by atomic mass is 10.2. The average Bonchev–Trinajstić information content (AvgIpc) is 3.09. The summed E-state index contributed by atoms with van der Waals surface area (Å²) in [5.41, 5.74) is 0.783. The highest BCUT2D eigenvalue weighted by molar-refractivity contribution is 9.10. The zero-order valence-corrected chi connectivity index (χ0v) is 17.2. The highest BCUT2D eigenvalue weighted by Gasteiger charge is 2.22. The van der Waals surface area contributed by atoms with E-state index in [0.717, 1.165) is 52.1 Å². The lowest BCUT2D eigenvalue weighted by molar-refractivity contribution is 0.586. The SMILES string of the molecule is O=S(=O)(Cc1ccc(Br)cc1)c1cc2c(N3CCNCC3)nccc2s1. The van der Waals surface area contributed by atoms with Crippen LogP contribution in [0, 0.1) is 0 Å². The summed E-state index contributed by atoms with van der Waals surface area (Å²) in [6.07, 6.45) is 1.77. The third kappa shape index (κ3) is 3.64. The zero-order chi connectivity index (χ0) is 18.1. The van der Waals surface area contributed by atoms with Crippen molar-refractivity contribution in [2.75, 3.05) is 31.1 Å². The van der Waals surface area contributed by atoms with E-state index in [0.29, 0.717) is 4.21 Å². The molecule has 4 rings (SSSR count). The van der Waals surface area contributed by atoms with Gasteiger partial charge in [-0.25, -0.2) is 13.4 Å². The summed E-state index contributed by atoms with van der Waals surface area (Å²) in [5, 5.41) is 4.25. The number of pyridine rings is 1. The van der Waals surface area contributed by atoms with Crippen LogP contribution in [0.2, 0.25) is 0 Å². The molecule has 26 heavy (non-hydrogen) atoms. The molecule has 0 amide bonds. The Balaban J connectivity index is 1.69. The Kier molecular flexibility index (Phi) is 5.00. The number of sulfone groups is 1. The minimum Gasteiger partial charge on any atom is -0.354 e. The van der Waals surface area contributed by atoms with Gasteiger partial charge in [0.1, 0.15) is 10.0 Å². The first-order valence-corrected chi connectivity index (χ1v) is 11.6. The quantitative estimate of drug-likeness (QED) is 0.657. The van der Waals surface area contributed by atoms with Gasteiger partial charge in [-0.3, -0.25) is 0 Å². The van der Waals surface area contributed by atoms with E-state index < -0.39 is 9.84 Å². The molecule has 0 saturated carbocycles. The third-order valence-corrected chi connectivity index (χ3v) is 8.27. The van der Waals surface area contributed by atoms with Crippen LogP contribution in [-0.4, -0.2) is 39.6 Å². The second kappa shape index (κ2) is 7.26. The Hall–Kier alpha value is -1.48. The summed E-state index contributed by atoms with van der Waals surface area (Å²) in [5.74, 6) is 0.883. The molecule has 3 aromatic rings. The van der Waals surface area contributed by atoms with Crippen molar-refractivity contribution >= 4 is 53.0 Å². The first-order chi connectivity index (χ1) is 12.5. The number of hydrogen-bond acceptors (Lipinski definition) is 6. The van der Waals surface area contributed by atoms with E-state index in [1.54, 1.807) is 12.3 Å². The van der Waals surface area contributed by atoms with E-state index in [9.17, 15) is 8.42 Å². The third-order valence-electron chi connectivity index (χ3n) is 4.39. The number of fused-ring (bicyclic) bond motifs is 1. The molecular formula is C18H18BrN3O2S2. The summed E-state index contributed by atoms with van der Waals surface area (Å²) in [6, 6.07) is 11.1. The van der Waals surface area contributed by atoms with Crippen LogP contribution in [0.5, 0.6) is 0 Å². The molecule has 1 aromatic carbocycles. The molecule has 0 unspecified atom stereocenters. The number of piperazine rings is 1. The van der Waals surface area contributed by atoms with Gasteiger partial charge in [0.15, 0.2) is 9.84 Å². The largest absolute Gasteiger partial charge is 0.354 e. The normalized spacial score (nSPS) is 15.5. The molecule has 1 aliphatic heterocycles. The van der Waals surface area contributed by atoms with Gasteiger partial charge in [-0.1, -0.05) is 28.1 Å². The summed E-state index contributed by atoms with van der Waals surface area (Å²) < 4.78 is 28.1.